The molecule has 0 aliphatic carbocycles. The Balaban J connectivity index is 1.56. The Hall–Kier alpha value is -2.64. The monoisotopic (exact) mass is 315 g/mol. The van der Waals surface area contributed by atoms with Gasteiger partial charge in [-0.1, -0.05) is 0 Å². The van der Waals surface area contributed by atoms with Crippen molar-refractivity contribution in [2.24, 2.45) is 7.05 Å². The number of carbonyl (C=O) groups is 1. The fourth-order valence-corrected chi connectivity index (χ4v) is 2.56. The number of nitrogens with one attached hydrogen (secondary N) is 1. The average molecular weight is 315 g/mol. The number of fused-ring (bicyclic) bond motifs is 1. The topological polar surface area (TPSA) is 82.6 Å². The van der Waals surface area contributed by atoms with Crippen molar-refractivity contribution in [1.29, 1.82) is 0 Å². The molecule has 3 aromatic rings. The van der Waals surface area contributed by atoms with Gasteiger partial charge in [-0.15, -0.1) is 0 Å². The molecule has 0 aliphatic rings. The van der Waals surface area contributed by atoms with Crippen molar-refractivity contribution in [3.63, 3.8) is 0 Å². The predicted molar refractivity (Wildman–Crippen MR) is 85.8 cm³/mol. The van der Waals surface area contributed by atoms with E-state index in [2.05, 4.69) is 20.5 Å². The first kappa shape index (κ1) is 15.3. The molecular formula is C15H21N7O. The lowest BCUT2D eigenvalue weighted by Gasteiger charge is -2.12. The van der Waals surface area contributed by atoms with Crippen LogP contribution >= 0.6 is 0 Å². The smallest absolute Gasteiger partial charge is 0.244 e. The van der Waals surface area contributed by atoms with Gasteiger partial charge in [0.05, 0.1) is 18.2 Å². The van der Waals surface area contributed by atoms with Gasteiger partial charge in [-0.05, 0) is 20.3 Å². The van der Waals surface area contributed by atoms with Crippen LogP contribution in [0, 0.1) is 6.92 Å². The zero-order chi connectivity index (χ0) is 16.4. The summed E-state index contributed by atoms with van der Waals surface area (Å²) in [4.78, 5) is 16.3. The lowest BCUT2D eigenvalue weighted by atomic mass is 10.3. The van der Waals surface area contributed by atoms with Gasteiger partial charge in [0.1, 0.15) is 17.1 Å². The van der Waals surface area contributed by atoms with Crippen LogP contribution in [0.25, 0.3) is 11.0 Å². The number of hydrogen-bond acceptors (Lipinski definition) is 4. The van der Waals surface area contributed by atoms with E-state index in [1.54, 1.807) is 21.9 Å². The van der Waals surface area contributed by atoms with E-state index in [9.17, 15) is 4.79 Å². The molecule has 3 rings (SSSR count). The van der Waals surface area contributed by atoms with E-state index in [0.29, 0.717) is 6.54 Å². The molecule has 3 heterocycles. The van der Waals surface area contributed by atoms with Crippen molar-refractivity contribution in [2.45, 2.75) is 32.9 Å². The second-order valence-corrected chi connectivity index (χ2v) is 5.67. The number of amides is 1. The van der Waals surface area contributed by atoms with Crippen molar-refractivity contribution in [3.8, 4) is 0 Å². The SMILES string of the molecule is Cc1nn(C)c2cn(C(C)C(=O)NCCCn3ccnc3)nc12. The summed E-state index contributed by atoms with van der Waals surface area (Å²) < 4.78 is 5.47. The zero-order valence-electron chi connectivity index (χ0n) is 13.6. The molecule has 0 fully saturated rings. The van der Waals surface area contributed by atoms with Crippen molar-refractivity contribution < 1.29 is 4.79 Å². The third-order valence-corrected chi connectivity index (χ3v) is 3.93. The molecule has 1 amide bonds. The minimum atomic E-state index is -0.352. The van der Waals surface area contributed by atoms with Crippen LogP contribution in [-0.2, 0) is 18.4 Å². The number of aromatic nitrogens is 6. The van der Waals surface area contributed by atoms with Gasteiger partial charge in [0.2, 0.25) is 5.91 Å². The molecule has 8 heteroatoms. The van der Waals surface area contributed by atoms with Crippen molar-refractivity contribution >= 4 is 16.9 Å². The third-order valence-electron chi connectivity index (χ3n) is 3.93. The maximum Gasteiger partial charge on any atom is 0.244 e. The second-order valence-electron chi connectivity index (χ2n) is 5.67. The van der Waals surface area contributed by atoms with Gasteiger partial charge in [0.15, 0.2) is 0 Å². The molecule has 0 spiro atoms. The summed E-state index contributed by atoms with van der Waals surface area (Å²) in [7, 11) is 1.88. The number of imidazole rings is 1. The van der Waals surface area contributed by atoms with Crippen LogP contribution in [0.1, 0.15) is 25.1 Å². The number of hydrogen-bond donors (Lipinski definition) is 1. The van der Waals surface area contributed by atoms with Gasteiger partial charge in [-0.3, -0.25) is 14.2 Å². The third kappa shape index (κ3) is 3.10. The summed E-state index contributed by atoms with van der Waals surface area (Å²) >= 11 is 0. The molecule has 0 radical (unpaired) electrons. The molecule has 0 aromatic carbocycles. The fraction of sp³-hybridized carbons (Fsp3) is 0.467. The number of rotatable bonds is 6. The molecule has 1 atom stereocenters. The molecule has 23 heavy (non-hydrogen) atoms. The van der Waals surface area contributed by atoms with Crippen LogP contribution in [0.15, 0.2) is 24.9 Å². The first-order valence-corrected chi connectivity index (χ1v) is 7.68. The van der Waals surface area contributed by atoms with Gasteiger partial charge in [-0.2, -0.15) is 10.2 Å². The van der Waals surface area contributed by atoms with Crippen LogP contribution < -0.4 is 5.32 Å². The van der Waals surface area contributed by atoms with Crippen molar-refractivity contribution in [2.75, 3.05) is 6.54 Å². The largest absolute Gasteiger partial charge is 0.354 e. The van der Waals surface area contributed by atoms with Gasteiger partial charge in [-0.25, -0.2) is 4.98 Å². The van der Waals surface area contributed by atoms with E-state index in [0.717, 1.165) is 29.7 Å². The summed E-state index contributed by atoms with van der Waals surface area (Å²) in [5.74, 6) is -0.0333. The van der Waals surface area contributed by atoms with Crippen molar-refractivity contribution in [3.05, 3.63) is 30.6 Å². The molecule has 0 aliphatic heterocycles. The Labute approximate surface area is 134 Å². The average Bonchev–Trinajstić information content (AvgIpc) is 3.23. The zero-order valence-corrected chi connectivity index (χ0v) is 13.6. The summed E-state index contributed by atoms with van der Waals surface area (Å²) in [5.41, 5.74) is 2.64. The van der Waals surface area contributed by atoms with E-state index in [1.807, 2.05) is 37.9 Å². The van der Waals surface area contributed by atoms with Gasteiger partial charge in [0.25, 0.3) is 0 Å². The molecule has 1 N–H and O–H groups in total. The summed E-state index contributed by atoms with van der Waals surface area (Å²) in [6.07, 6.45) is 8.16. The van der Waals surface area contributed by atoms with Gasteiger partial charge >= 0.3 is 0 Å². The number of aryl methyl sites for hydroxylation is 3. The normalized spacial score (nSPS) is 12.7. The number of carbonyl (C=O) groups excluding carboxylic acids is 1. The molecular weight excluding hydrogens is 294 g/mol. The standard InChI is InChI=1S/C15H21N7O/c1-11-14-13(20(3)18-11)9-22(19-14)12(2)15(23)17-5-4-7-21-8-6-16-10-21/h6,8-10,12H,4-5,7H2,1-3H3,(H,17,23). The second kappa shape index (κ2) is 6.23. The highest BCUT2D eigenvalue weighted by molar-refractivity contribution is 5.81. The Morgan fingerprint density at radius 2 is 2.22 bits per heavy atom. The Morgan fingerprint density at radius 1 is 1.39 bits per heavy atom. The van der Waals surface area contributed by atoms with E-state index < -0.39 is 0 Å². The first-order valence-electron chi connectivity index (χ1n) is 7.68. The van der Waals surface area contributed by atoms with Gasteiger partial charge in [0, 0.05) is 32.5 Å². The highest BCUT2D eigenvalue weighted by atomic mass is 16.2. The Bertz CT molecular complexity index is 765. The molecule has 0 saturated heterocycles. The molecule has 0 bridgehead atoms. The highest BCUT2D eigenvalue weighted by Crippen LogP contribution is 2.17. The van der Waals surface area contributed by atoms with E-state index >= 15 is 0 Å². The molecule has 1 unspecified atom stereocenters. The van der Waals surface area contributed by atoms with Crippen LogP contribution in [0.4, 0.5) is 0 Å². The Kier molecular flexibility index (Phi) is 4.14. The molecule has 0 saturated carbocycles. The fourth-order valence-electron chi connectivity index (χ4n) is 2.56. The van der Waals surface area contributed by atoms with E-state index in [-0.39, 0.29) is 11.9 Å². The summed E-state index contributed by atoms with van der Waals surface area (Å²) in [6, 6.07) is -0.352. The molecule has 3 aromatic heterocycles. The lowest BCUT2D eigenvalue weighted by Crippen LogP contribution is -2.32. The van der Waals surface area contributed by atoms with Crippen molar-refractivity contribution in [1.82, 2.24) is 34.4 Å². The summed E-state index contributed by atoms with van der Waals surface area (Å²) in [5, 5.41) is 11.7. The summed E-state index contributed by atoms with van der Waals surface area (Å²) in [6.45, 7) is 5.23. The maximum atomic E-state index is 12.3. The van der Waals surface area contributed by atoms with Crippen LogP contribution in [0.2, 0.25) is 0 Å². The molecule has 8 nitrogen and oxygen atoms in total. The minimum absolute atomic E-state index is 0.0333. The number of nitrogens with zero attached hydrogens (tertiary/aromatic N) is 6. The highest BCUT2D eigenvalue weighted by Gasteiger charge is 2.18. The predicted octanol–water partition coefficient (Wildman–Crippen LogP) is 1.04. The first-order chi connectivity index (χ1) is 11.1. The Morgan fingerprint density at radius 3 is 2.91 bits per heavy atom. The van der Waals surface area contributed by atoms with Crippen LogP contribution in [-0.4, -0.2) is 41.6 Å². The van der Waals surface area contributed by atoms with E-state index in [1.165, 1.54) is 0 Å². The van der Waals surface area contributed by atoms with Crippen LogP contribution in [0.5, 0.6) is 0 Å². The van der Waals surface area contributed by atoms with E-state index in [4.69, 9.17) is 0 Å². The molecule has 122 valence electrons. The van der Waals surface area contributed by atoms with Crippen LogP contribution in [0.3, 0.4) is 0 Å². The lowest BCUT2D eigenvalue weighted by molar-refractivity contribution is -0.124. The minimum Gasteiger partial charge on any atom is -0.354 e. The maximum absolute atomic E-state index is 12.3. The quantitative estimate of drug-likeness (QED) is 0.689. The van der Waals surface area contributed by atoms with Gasteiger partial charge < -0.3 is 9.88 Å².